The minimum atomic E-state index is -3.54. The predicted octanol–water partition coefficient (Wildman–Crippen LogP) is 2.99. The third-order valence-corrected chi connectivity index (χ3v) is 5.70. The number of sulfonamides is 1. The number of hydrogen-bond acceptors (Lipinski definition) is 5. The van der Waals surface area contributed by atoms with Gasteiger partial charge in [0.2, 0.25) is 10.0 Å². The molecule has 0 bridgehead atoms. The Hall–Kier alpha value is -2.16. The lowest BCUT2D eigenvalue weighted by atomic mass is 10.2. The van der Waals surface area contributed by atoms with Crippen LogP contribution in [-0.4, -0.2) is 31.3 Å². The molecule has 6 nitrogen and oxygen atoms in total. The van der Waals surface area contributed by atoms with Crippen molar-refractivity contribution in [3.8, 4) is 17.0 Å². The van der Waals surface area contributed by atoms with Crippen molar-refractivity contribution >= 4 is 21.4 Å². The fourth-order valence-corrected chi connectivity index (χ4v) is 3.98. The quantitative estimate of drug-likeness (QED) is 0.655. The van der Waals surface area contributed by atoms with E-state index < -0.39 is 10.0 Å². The number of aromatic nitrogens is 2. The molecule has 8 heteroatoms. The first kappa shape index (κ1) is 17.7. The van der Waals surface area contributed by atoms with Crippen LogP contribution in [0.15, 0.2) is 58.3 Å². The van der Waals surface area contributed by atoms with Crippen molar-refractivity contribution in [1.29, 1.82) is 0 Å². The standard InChI is InChI=1S/C17H19N3O3S2/c1-2-23-15-3-5-16(6-4-15)25(21,22)18-9-11-20-10-7-17(19-20)14-8-12-24-13-14/h3-8,10,12-13,18H,2,9,11H2,1H3. The van der Waals surface area contributed by atoms with Gasteiger partial charge in [0, 0.05) is 23.7 Å². The lowest BCUT2D eigenvalue weighted by Crippen LogP contribution is -2.27. The summed E-state index contributed by atoms with van der Waals surface area (Å²) in [5.74, 6) is 0.652. The van der Waals surface area contributed by atoms with Crippen LogP contribution in [0, 0.1) is 0 Å². The van der Waals surface area contributed by atoms with Crippen molar-refractivity contribution in [3.63, 3.8) is 0 Å². The van der Waals surface area contributed by atoms with E-state index in [1.54, 1.807) is 28.2 Å². The molecule has 0 aliphatic carbocycles. The molecule has 1 aromatic carbocycles. The van der Waals surface area contributed by atoms with Crippen molar-refractivity contribution in [2.24, 2.45) is 0 Å². The number of nitrogens with zero attached hydrogens (tertiary/aromatic N) is 2. The van der Waals surface area contributed by atoms with Crippen LogP contribution in [0.1, 0.15) is 6.92 Å². The highest BCUT2D eigenvalue weighted by Gasteiger charge is 2.13. The fraction of sp³-hybridized carbons (Fsp3) is 0.235. The molecule has 2 heterocycles. The Bertz CT molecular complexity index is 901. The third kappa shape index (κ3) is 4.47. The van der Waals surface area contributed by atoms with E-state index >= 15 is 0 Å². The zero-order valence-corrected chi connectivity index (χ0v) is 15.4. The van der Waals surface area contributed by atoms with Crippen molar-refractivity contribution in [2.75, 3.05) is 13.2 Å². The molecule has 0 atom stereocenters. The van der Waals surface area contributed by atoms with Gasteiger partial charge in [0.1, 0.15) is 5.75 Å². The molecule has 132 valence electrons. The highest BCUT2D eigenvalue weighted by molar-refractivity contribution is 7.89. The van der Waals surface area contributed by atoms with E-state index in [1.165, 1.54) is 12.1 Å². The van der Waals surface area contributed by atoms with Crippen LogP contribution in [0.5, 0.6) is 5.75 Å². The summed E-state index contributed by atoms with van der Waals surface area (Å²) in [5, 5.41) is 8.48. The van der Waals surface area contributed by atoms with Gasteiger partial charge in [-0.05, 0) is 48.7 Å². The average molecular weight is 377 g/mol. The van der Waals surface area contributed by atoms with Crippen LogP contribution in [-0.2, 0) is 16.6 Å². The minimum Gasteiger partial charge on any atom is -0.494 e. The average Bonchev–Trinajstić information content (AvgIpc) is 3.27. The van der Waals surface area contributed by atoms with Gasteiger partial charge in [0.15, 0.2) is 0 Å². The lowest BCUT2D eigenvalue weighted by Gasteiger charge is -2.08. The van der Waals surface area contributed by atoms with Gasteiger partial charge in [-0.3, -0.25) is 4.68 Å². The second-order valence-corrected chi connectivity index (χ2v) is 7.83. The Morgan fingerprint density at radius 3 is 2.68 bits per heavy atom. The Balaban J connectivity index is 1.57. The molecule has 25 heavy (non-hydrogen) atoms. The van der Waals surface area contributed by atoms with Crippen molar-refractivity contribution < 1.29 is 13.2 Å². The molecule has 0 unspecified atom stereocenters. The molecule has 0 aliphatic rings. The first-order valence-corrected chi connectivity index (χ1v) is 10.3. The second kappa shape index (κ2) is 7.81. The monoisotopic (exact) mass is 377 g/mol. The van der Waals surface area contributed by atoms with Gasteiger partial charge < -0.3 is 4.74 Å². The van der Waals surface area contributed by atoms with Crippen molar-refractivity contribution in [2.45, 2.75) is 18.4 Å². The molecule has 2 aromatic heterocycles. The summed E-state index contributed by atoms with van der Waals surface area (Å²) in [5.41, 5.74) is 1.95. The second-order valence-electron chi connectivity index (χ2n) is 5.28. The van der Waals surface area contributed by atoms with E-state index in [2.05, 4.69) is 9.82 Å². The number of hydrogen-bond donors (Lipinski definition) is 1. The van der Waals surface area contributed by atoms with E-state index in [4.69, 9.17) is 4.74 Å². The number of rotatable bonds is 8. The highest BCUT2D eigenvalue weighted by Crippen LogP contribution is 2.19. The van der Waals surface area contributed by atoms with Gasteiger partial charge in [-0.1, -0.05) is 0 Å². The van der Waals surface area contributed by atoms with Crippen molar-refractivity contribution in [1.82, 2.24) is 14.5 Å². The summed E-state index contributed by atoms with van der Waals surface area (Å²) in [6.07, 6.45) is 1.85. The lowest BCUT2D eigenvalue weighted by molar-refractivity contribution is 0.340. The summed E-state index contributed by atoms with van der Waals surface area (Å²) in [7, 11) is -3.54. The van der Waals surface area contributed by atoms with Gasteiger partial charge in [-0.2, -0.15) is 16.4 Å². The molecule has 3 rings (SSSR count). The smallest absolute Gasteiger partial charge is 0.240 e. The highest BCUT2D eigenvalue weighted by atomic mass is 32.2. The molecule has 0 amide bonds. The first-order chi connectivity index (χ1) is 12.1. The van der Waals surface area contributed by atoms with Crippen LogP contribution in [0.3, 0.4) is 0 Å². The van der Waals surface area contributed by atoms with Gasteiger partial charge in [0.05, 0.1) is 23.7 Å². The Morgan fingerprint density at radius 1 is 1.20 bits per heavy atom. The van der Waals surface area contributed by atoms with Gasteiger partial charge in [-0.25, -0.2) is 13.1 Å². The van der Waals surface area contributed by atoms with Crippen molar-refractivity contribution in [3.05, 3.63) is 53.4 Å². The van der Waals surface area contributed by atoms with Gasteiger partial charge in [-0.15, -0.1) is 0 Å². The zero-order valence-electron chi connectivity index (χ0n) is 13.8. The zero-order chi connectivity index (χ0) is 17.7. The van der Waals surface area contributed by atoms with Crippen LogP contribution >= 0.6 is 11.3 Å². The Kier molecular flexibility index (Phi) is 5.52. The molecule has 1 N–H and O–H groups in total. The SMILES string of the molecule is CCOc1ccc(S(=O)(=O)NCCn2ccc(-c3ccsc3)n2)cc1. The maximum absolute atomic E-state index is 12.3. The van der Waals surface area contributed by atoms with E-state index in [-0.39, 0.29) is 11.4 Å². The van der Waals surface area contributed by atoms with E-state index in [1.807, 2.05) is 36.0 Å². The fourth-order valence-electron chi connectivity index (χ4n) is 2.31. The molecule has 0 aliphatic heterocycles. The third-order valence-electron chi connectivity index (χ3n) is 3.54. The van der Waals surface area contributed by atoms with E-state index in [0.29, 0.717) is 18.9 Å². The molecule has 0 fully saturated rings. The Labute approximate surface area is 151 Å². The maximum atomic E-state index is 12.3. The molecular weight excluding hydrogens is 358 g/mol. The Morgan fingerprint density at radius 2 is 2.00 bits per heavy atom. The molecule has 0 radical (unpaired) electrons. The van der Waals surface area contributed by atoms with E-state index in [9.17, 15) is 8.42 Å². The van der Waals surface area contributed by atoms with Crippen LogP contribution in [0.4, 0.5) is 0 Å². The summed E-state index contributed by atoms with van der Waals surface area (Å²) >= 11 is 1.62. The topological polar surface area (TPSA) is 73.2 Å². The minimum absolute atomic E-state index is 0.218. The largest absolute Gasteiger partial charge is 0.494 e. The number of nitrogens with one attached hydrogen (secondary N) is 1. The normalized spacial score (nSPS) is 11.6. The van der Waals surface area contributed by atoms with Crippen LogP contribution in [0.25, 0.3) is 11.3 Å². The summed E-state index contributed by atoms with van der Waals surface area (Å²) in [4.78, 5) is 0.218. The maximum Gasteiger partial charge on any atom is 0.240 e. The summed E-state index contributed by atoms with van der Waals surface area (Å²) in [6.45, 7) is 3.15. The number of thiophene rings is 1. The molecule has 0 saturated carbocycles. The molecule has 3 aromatic rings. The molecular formula is C17H19N3O3S2. The summed E-state index contributed by atoms with van der Waals surface area (Å²) in [6, 6.07) is 10.3. The first-order valence-electron chi connectivity index (χ1n) is 7.87. The van der Waals surface area contributed by atoms with Gasteiger partial charge >= 0.3 is 0 Å². The van der Waals surface area contributed by atoms with Crippen LogP contribution in [0.2, 0.25) is 0 Å². The predicted molar refractivity (Wildman–Crippen MR) is 98.3 cm³/mol. The van der Waals surface area contributed by atoms with Crippen LogP contribution < -0.4 is 9.46 Å². The molecule has 0 saturated heterocycles. The van der Waals surface area contributed by atoms with Gasteiger partial charge in [0.25, 0.3) is 0 Å². The summed E-state index contributed by atoms with van der Waals surface area (Å²) < 4.78 is 34.2. The number of benzene rings is 1. The molecule has 0 spiro atoms. The van der Waals surface area contributed by atoms with E-state index in [0.717, 1.165) is 11.3 Å². The number of ether oxygens (including phenoxy) is 1.